The van der Waals surface area contributed by atoms with Gasteiger partial charge in [0.1, 0.15) is 6.04 Å². The largest absolute Gasteiger partial charge is 0.480 e. The third kappa shape index (κ3) is 5.71. The van der Waals surface area contributed by atoms with Crippen molar-refractivity contribution in [2.24, 2.45) is 5.73 Å². The number of rotatable bonds is 9. The van der Waals surface area contributed by atoms with Gasteiger partial charge in [-0.05, 0) is 59.4 Å². The number of carboxylic acids is 1. The van der Waals surface area contributed by atoms with Gasteiger partial charge in [-0.15, -0.1) is 0 Å². The molecule has 0 fully saturated rings. The lowest BCUT2D eigenvalue weighted by atomic mass is 9.93. The Labute approximate surface area is 185 Å². The predicted octanol–water partition coefficient (Wildman–Crippen LogP) is 3.73. The van der Waals surface area contributed by atoms with Crippen LogP contribution in [0.5, 0.6) is 0 Å². The van der Waals surface area contributed by atoms with Gasteiger partial charge in [0.25, 0.3) is 5.91 Å². The average molecular weight is 436 g/mol. The van der Waals surface area contributed by atoms with E-state index in [0.29, 0.717) is 23.3 Å². The number of nitrogens with one attached hydrogen (secondary N) is 1. The number of pyridine rings is 1. The molecule has 0 aliphatic carbocycles. The summed E-state index contributed by atoms with van der Waals surface area (Å²) in [6.07, 6.45) is 3.94. The van der Waals surface area contributed by atoms with Crippen molar-refractivity contribution in [3.63, 3.8) is 0 Å². The van der Waals surface area contributed by atoms with E-state index in [1.54, 1.807) is 18.3 Å². The van der Waals surface area contributed by atoms with Crippen LogP contribution in [0.2, 0.25) is 0 Å². The van der Waals surface area contributed by atoms with Crippen LogP contribution in [0.1, 0.15) is 34.1 Å². The van der Waals surface area contributed by atoms with Gasteiger partial charge in [0.05, 0.1) is 11.7 Å². The molecule has 0 saturated heterocycles. The van der Waals surface area contributed by atoms with Crippen LogP contribution in [0.15, 0.2) is 72.9 Å². The van der Waals surface area contributed by atoms with E-state index in [9.17, 15) is 14.7 Å². The zero-order valence-corrected chi connectivity index (χ0v) is 18.0. The highest BCUT2D eigenvalue weighted by atomic mass is 32.2. The van der Waals surface area contributed by atoms with Crippen LogP contribution in [0, 0.1) is 0 Å². The van der Waals surface area contributed by atoms with Crippen molar-refractivity contribution >= 4 is 23.6 Å². The third-order valence-electron chi connectivity index (χ3n) is 4.95. The van der Waals surface area contributed by atoms with Crippen LogP contribution in [0.4, 0.5) is 0 Å². The van der Waals surface area contributed by atoms with E-state index in [-0.39, 0.29) is 0 Å². The normalized spacial score (nSPS) is 12.7. The zero-order valence-electron chi connectivity index (χ0n) is 17.2. The number of carbonyl (C=O) groups excluding carboxylic acids is 1. The minimum absolute atomic E-state index is 0.353. The molecule has 1 heterocycles. The summed E-state index contributed by atoms with van der Waals surface area (Å²) in [5, 5.41) is 12.1. The van der Waals surface area contributed by atoms with Gasteiger partial charge in [-0.1, -0.05) is 42.5 Å². The molecule has 2 atom stereocenters. The maximum Gasteiger partial charge on any atom is 0.326 e. The molecule has 0 aliphatic heterocycles. The molecule has 7 heteroatoms. The molecule has 0 radical (unpaired) electrons. The number of hydrogen-bond acceptors (Lipinski definition) is 5. The molecule has 2 aromatic carbocycles. The molecule has 6 nitrogen and oxygen atoms in total. The topological polar surface area (TPSA) is 105 Å². The van der Waals surface area contributed by atoms with Crippen LogP contribution in [-0.2, 0) is 4.79 Å². The van der Waals surface area contributed by atoms with Crippen molar-refractivity contribution in [2.75, 3.05) is 12.0 Å². The molecule has 4 N–H and O–H groups in total. The first kappa shape index (κ1) is 22.5. The lowest BCUT2D eigenvalue weighted by Gasteiger charge is -2.18. The van der Waals surface area contributed by atoms with Gasteiger partial charge >= 0.3 is 5.97 Å². The number of nitrogens with two attached hydrogens (primary N) is 1. The lowest BCUT2D eigenvalue weighted by molar-refractivity contribution is -0.139. The average Bonchev–Trinajstić information content (AvgIpc) is 2.81. The summed E-state index contributed by atoms with van der Waals surface area (Å²) >= 11 is 1.54. The van der Waals surface area contributed by atoms with Crippen molar-refractivity contribution in [1.82, 2.24) is 10.3 Å². The summed E-state index contributed by atoms with van der Waals surface area (Å²) in [5.41, 5.74) is 9.90. The van der Waals surface area contributed by atoms with Crippen LogP contribution >= 0.6 is 11.8 Å². The maximum absolute atomic E-state index is 13.0. The number of thioether (sulfide) groups is 1. The fraction of sp³-hybridized carbons (Fsp3) is 0.208. The van der Waals surface area contributed by atoms with E-state index in [1.807, 2.05) is 60.9 Å². The number of amides is 1. The minimum atomic E-state index is -1.04. The van der Waals surface area contributed by atoms with E-state index < -0.39 is 24.0 Å². The molecule has 0 aliphatic rings. The van der Waals surface area contributed by atoms with Crippen LogP contribution in [0.25, 0.3) is 11.1 Å². The number of nitrogens with zero attached hydrogens (tertiary/aromatic N) is 1. The fourth-order valence-electron chi connectivity index (χ4n) is 3.27. The molecule has 0 spiro atoms. The van der Waals surface area contributed by atoms with E-state index in [0.717, 1.165) is 16.8 Å². The molecular weight excluding hydrogens is 410 g/mol. The summed E-state index contributed by atoms with van der Waals surface area (Å²) in [6.45, 7) is 0. The number of aliphatic carboxylic acids is 1. The Hall–Kier alpha value is -3.16. The van der Waals surface area contributed by atoms with E-state index >= 15 is 0 Å². The number of aromatic nitrogens is 1. The Morgan fingerprint density at radius 1 is 1.10 bits per heavy atom. The second-order valence-corrected chi connectivity index (χ2v) is 8.03. The van der Waals surface area contributed by atoms with Crippen molar-refractivity contribution in [3.8, 4) is 11.1 Å². The van der Waals surface area contributed by atoms with E-state index in [1.165, 1.54) is 11.8 Å². The number of carboxylic acid groups (broad SMARTS) is 1. The van der Waals surface area contributed by atoms with Gasteiger partial charge in [-0.2, -0.15) is 11.8 Å². The van der Waals surface area contributed by atoms with Gasteiger partial charge in [0, 0.05) is 11.8 Å². The Bertz CT molecular complexity index is 1030. The Kier molecular flexibility index (Phi) is 7.81. The summed E-state index contributed by atoms with van der Waals surface area (Å²) in [4.78, 5) is 29.0. The van der Waals surface area contributed by atoms with Crippen molar-refractivity contribution in [3.05, 3.63) is 89.7 Å². The lowest BCUT2D eigenvalue weighted by Crippen LogP contribution is -2.41. The highest BCUT2D eigenvalue weighted by Crippen LogP contribution is 2.28. The van der Waals surface area contributed by atoms with E-state index in [4.69, 9.17) is 5.73 Å². The quantitative estimate of drug-likeness (QED) is 0.473. The van der Waals surface area contributed by atoms with Crippen molar-refractivity contribution < 1.29 is 14.7 Å². The highest BCUT2D eigenvalue weighted by Gasteiger charge is 2.23. The maximum atomic E-state index is 13.0. The summed E-state index contributed by atoms with van der Waals surface area (Å²) in [7, 11) is 0. The molecule has 160 valence electrons. The highest BCUT2D eigenvalue weighted by molar-refractivity contribution is 7.98. The second-order valence-electron chi connectivity index (χ2n) is 7.05. The molecule has 0 saturated carbocycles. The smallest absolute Gasteiger partial charge is 0.326 e. The van der Waals surface area contributed by atoms with Gasteiger partial charge < -0.3 is 16.2 Å². The third-order valence-corrected chi connectivity index (χ3v) is 5.60. The minimum Gasteiger partial charge on any atom is -0.480 e. The molecule has 31 heavy (non-hydrogen) atoms. The summed E-state index contributed by atoms with van der Waals surface area (Å²) in [5.74, 6) is -0.830. The molecule has 3 aromatic rings. The van der Waals surface area contributed by atoms with Crippen LogP contribution < -0.4 is 11.1 Å². The van der Waals surface area contributed by atoms with E-state index in [2.05, 4.69) is 10.3 Å². The van der Waals surface area contributed by atoms with Gasteiger partial charge in [-0.3, -0.25) is 9.78 Å². The molecule has 2 unspecified atom stereocenters. The Morgan fingerprint density at radius 2 is 1.84 bits per heavy atom. The number of hydrogen-bond donors (Lipinski definition) is 3. The predicted molar refractivity (Wildman–Crippen MR) is 124 cm³/mol. The molecule has 0 bridgehead atoms. The zero-order chi connectivity index (χ0) is 22.2. The molecule has 3 rings (SSSR count). The Balaban J connectivity index is 1.98. The van der Waals surface area contributed by atoms with Crippen LogP contribution in [-0.4, -0.2) is 40.0 Å². The Morgan fingerprint density at radius 3 is 2.48 bits per heavy atom. The molecule has 1 amide bonds. The first-order valence-corrected chi connectivity index (χ1v) is 11.3. The number of benzene rings is 2. The fourth-order valence-corrected chi connectivity index (χ4v) is 3.74. The second kappa shape index (κ2) is 10.7. The van der Waals surface area contributed by atoms with Crippen molar-refractivity contribution in [2.45, 2.75) is 18.5 Å². The van der Waals surface area contributed by atoms with Gasteiger partial charge in [-0.25, -0.2) is 4.79 Å². The first-order chi connectivity index (χ1) is 15.0. The first-order valence-electron chi connectivity index (χ1n) is 9.89. The molecule has 1 aromatic heterocycles. The monoisotopic (exact) mass is 435 g/mol. The standard InChI is InChI=1S/C24H25N3O3S/c1-31-14-12-21(24(29)30)27-23(28)18-11-10-17(22(25)20-9-5-6-13-26-20)15-19(18)16-7-3-2-4-8-16/h2-11,13,15,21-22H,12,14,25H2,1H3,(H,27,28)(H,29,30). The molecular formula is C24H25N3O3S. The summed E-state index contributed by atoms with van der Waals surface area (Å²) in [6, 6.07) is 19.0. The van der Waals surface area contributed by atoms with Crippen molar-refractivity contribution in [1.29, 1.82) is 0 Å². The van der Waals surface area contributed by atoms with Crippen LogP contribution in [0.3, 0.4) is 0 Å². The SMILES string of the molecule is CSCCC(NC(=O)c1ccc(C(N)c2ccccn2)cc1-c1ccccc1)C(=O)O. The van der Waals surface area contributed by atoms with Gasteiger partial charge in [0.15, 0.2) is 0 Å². The summed E-state index contributed by atoms with van der Waals surface area (Å²) < 4.78 is 0. The van der Waals surface area contributed by atoms with Gasteiger partial charge in [0.2, 0.25) is 0 Å². The number of carbonyl (C=O) groups is 2.